The minimum atomic E-state index is 0.950. The molecule has 1 fully saturated rings. The number of hydrogen-bond acceptors (Lipinski definition) is 1. The van der Waals surface area contributed by atoms with Gasteiger partial charge in [-0.15, -0.1) is 0 Å². The largest absolute Gasteiger partial charge is 0.306 e. The van der Waals surface area contributed by atoms with Crippen LogP contribution in [0.25, 0.3) is 0 Å². The average Bonchev–Trinajstić information content (AvgIpc) is 2.28. The van der Waals surface area contributed by atoms with E-state index >= 15 is 0 Å². The number of likely N-dealkylation sites (tertiary alicyclic amines) is 1. The second-order valence-corrected chi connectivity index (χ2v) is 4.68. The lowest BCUT2D eigenvalue weighted by Crippen LogP contribution is -2.36. The summed E-state index contributed by atoms with van der Waals surface area (Å²) in [7, 11) is 2.26. The van der Waals surface area contributed by atoms with E-state index in [9.17, 15) is 0 Å². The standard InChI is InChI=1S/C11H19N.C2H6/c1-9-3-4-10-6-11(5-9)8-12(2)7-10;1-2/h3,10-11H,4-8H2,1-2H3;1-2H3. The number of piperidine rings is 1. The van der Waals surface area contributed by atoms with Crippen LogP contribution < -0.4 is 0 Å². The Morgan fingerprint density at radius 3 is 2.57 bits per heavy atom. The van der Waals surface area contributed by atoms with Crippen LogP contribution >= 0.6 is 0 Å². The van der Waals surface area contributed by atoms with Crippen LogP contribution in [0.4, 0.5) is 0 Å². The molecule has 82 valence electrons. The number of nitrogens with zero attached hydrogens (tertiary/aromatic N) is 1. The SMILES string of the molecule is CC.CC1=CCC2CC(C1)CN(C)C2. The molecule has 1 heterocycles. The summed E-state index contributed by atoms with van der Waals surface area (Å²) in [5, 5.41) is 0. The lowest BCUT2D eigenvalue weighted by molar-refractivity contribution is 0.157. The Labute approximate surface area is 89.2 Å². The first kappa shape index (κ1) is 11.8. The Morgan fingerprint density at radius 2 is 1.86 bits per heavy atom. The fraction of sp³-hybridized carbons (Fsp3) is 0.846. The van der Waals surface area contributed by atoms with Gasteiger partial charge < -0.3 is 4.90 Å². The summed E-state index contributed by atoms with van der Waals surface area (Å²) >= 11 is 0. The molecular formula is C13H25N. The number of rotatable bonds is 0. The lowest BCUT2D eigenvalue weighted by atomic mass is 9.87. The van der Waals surface area contributed by atoms with Crippen LogP contribution in [0.1, 0.15) is 40.0 Å². The summed E-state index contributed by atoms with van der Waals surface area (Å²) in [5.41, 5.74) is 1.62. The van der Waals surface area contributed by atoms with Crippen molar-refractivity contribution < 1.29 is 0 Å². The summed E-state index contributed by atoms with van der Waals surface area (Å²) in [4.78, 5) is 2.51. The Kier molecular flexibility index (Phi) is 4.67. The Morgan fingerprint density at radius 1 is 1.21 bits per heavy atom. The Hall–Kier alpha value is -0.300. The van der Waals surface area contributed by atoms with Crippen molar-refractivity contribution in [2.45, 2.75) is 40.0 Å². The molecule has 0 saturated carbocycles. The molecule has 1 nitrogen and oxygen atoms in total. The van der Waals surface area contributed by atoms with E-state index in [1.807, 2.05) is 13.8 Å². The van der Waals surface area contributed by atoms with Gasteiger partial charge in [0.25, 0.3) is 0 Å². The zero-order valence-electron chi connectivity index (χ0n) is 10.2. The molecule has 1 saturated heterocycles. The van der Waals surface area contributed by atoms with Crippen LogP contribution in [0.2, 0.25) is 0 Å². The van der Waals surface area contributed by atoms with Crippen molar-refractivity contribution in [3.8, 4) is 0 Å². The number of fused-ring (bicyclic) bond motifs is 2. The van der Waals surface area contributed by atoms with Gasteiger partial charge in [0.15, 0.2) is 0 Å². The molecule has 1 aliphatic carbocycles. The molecule has 0 N–H and O–H groups in total. The van der Waals surface area contributed by atoms with Gasteiger partial charge in [0, 0.05) is 13.1 Å². The van der Waals surface area contributed by atoms with Crippen LogP contribution in [0.15, 0.2) is 11.6 Å². The van der Waals surface area contributed by atoms with Crippen LogP contribution in [0.5, 0.6) is 0 Å². The molecule has 0 spiro atoms. The highest BCUT2D eigenvalue weighted by molar-refractivity contribution is 5.04. The maximum absolute atomic E-state index is 2.51. The van der Waals surface area contributed by atoms with Crippen LogP contribution in [-0.2, 0) is 0 Å². The summed E-state index contributed by atoms with van der Waals surface area (Å²) < 4.78 is 0. The van der Waals surface area contributed by atoms with E-state index in [0.717, 1.165) is 11.8 Å². The van der Waals surface area contributed by atoms with E-state index in [1.54, 1.807) is 5.57 Å². The zero-order chi connectivity index (χ0) is 10.6. The molecular weight excluding hydrogens is 170 g/mol. The molecule has 2 aliphatic rings. The third-order valence-electron chi connectivity index (χ3n) is 3.22. The molecule has 14 heavy (non-hydrogen) atoms. The van der Waals surface area contributed by atoms with Crippen molar-refractivity contribution in [3.63, 3.8) is 0 Å². The third-order valence-corrected chi connectivity index (χ3v) is 3.22. The van der Waals surface area contributed by atoms with Gasteiger partial charge in [0.1, 0.15) is 0 Å². The average molecular weight is 195 g/mol. The second kappa shape index (κ2) is 5.55. The highest BCUT2D eigenvalue weighted by atomic mass is 15.1. The van der Waals surface area contributed by atoms with Crippen molar-refractivity contribution in [1.29, 1.82) is 0 Å². The van der Waals surface area contributed by atoms with Crippen molar-refractivity contribution in [1.82, 2.24) is 4.90 Å². The van der Waals surface area contributed by atoms with Gasteiger partial charge in [-0.2, -0.15) is 0 Å². The van der Waals surface area contributed by atoms with Gasteiger partial charge >= 0.3 is 0 Å². The first-order valence-corrected chi connectivity index (χ1v) is 6.08. The first-order chi connectivity index (χ1) is 6.74. The smallest absolute Gasteiger partial charge is 0.000990 e. The van der Waals surface area contributed by atoms with Gasteiger partial charge in [-0.05, 0) is 45.1 Å². The van der Waals surface area contributed by atoms with E-state index in [2.05, 4.69) is 24.9 Å². The highest BCUT2D eigenvalue weighted by Gasteiger charge is 2.26. The molecule has 1 heteroatoms. The lowest BCUT2D eigenvalue weighted by Gasteiger charge is -2.33. The molecule has 0 aromatic rings. The van der Waals surface area contributed by atoms with E-state index in [1.165, 1.54) is 32.4 Å². The molecule has 2 unspecified atom stereocenters. The number of allylic oxidation sites excluding steroid dienone is 2. The maximum atomic E-state index is 2.51. The number of hydrogen-bond donors (Lipinski definition) is 0. The second-order valence-electron chi connectivity index (χ2n) is 4.68. The fourth-order valence-electron chi connectivity index (χ4n) is 2.80. The van der Waals surface area contributed by atoms with Gasteiger partial charge in [-0.25, -0.2) is 0 Å². The zero-order valence-corrected chi connectivity index (χ0v) is 10.2. The maximum Gasteiger partial charge on any atom is 0.000990 e. The molecule has 2 bridgehead atoms. The minimum absolute atomic E-state index is 0.950. The fourth-order valence-corrected chi connectivity index (χ4v) is 2.80. The first-order valence-electron chi connectivity index (χ1n) is 6.08. The Bertz CT molecular complexity index is 195. The quantitative estimate of drug-likeness (QED) is 0.536. The van der Waals surface area contributed by atoms with Gasteiger partial charge in [0.05, 0.1) is 0 Å². The van der Waals surface area contributed by atoms with Gasteiger partial charge in [-0.3, -0.25) is 0 Å². The van der Waals surface area contributed by atoms with Crippen molar-refractivity contribution >= 4 is 0 Å². The van der Waals surface area contributed by atoms with Crippen molar-refractivity contribution in [3.05, 3.63) is 11.6 Å². The van der Waals surface area contributed by atoms with E-state index in [-0.39, 0.29) is 0 Å². The topological polar surface area (TPSA) is 3.24 Å². The normalized spacial score (nSPS) is 32.4. The molecule has 0 amide bonds. The molecule has 2 atom stereocenters. The summed E-state index contributed by atoms with van der Waals surface area (Å²) in [6.07, 6.45) is 6.61. The van der Waals surface area contributed by atoms with E-state index in [4.69, 9.17) is 0 Å². The molecule has 1 aliphatic heterocycles. The summed E-state index contributed by atoms with van der Waals surface area (Å²) in [6, 6.07) is 0. The van der Waals surface area contributed by atoms with Gasteiger partial charge in [-0.1, -0.05) is 25.5 Å². The Balaban J connectivity index is 0.000000461. The monoisotopic (exact) mass is 195 g/mol. The molecule has 0 radical (unpaired) electrons. The third kappa shape index (κ3) is 3.13. The van der Waals surface area contributed by atoms with Crippen LogP contribution in [0.3, 0.4) is 0 Å². The molecule has 2 rings (SSSR count). The van der Waals surface area contributed by atoms with Gasteiger partial charge in [0.2, 0.25) is 0 Å². The minimum Gasteiger partial charge on any atom is -0.306 e. The summed E-state index contributed by atoms with van der Waals surface area (Å²) in [5.74, 6) is 1.90. The predicted octanol–water partition coefficient (Wildman–Crippen LogP) is 3.32. The molecule has 0 aromatic carbocycles. The van der Waals surface area contributed by atoms with E-state index < -0.39 is 0 Å². The van der Waals surface area contributed by atoms with Crippen molar-refractivity contribution in [2.24, 2.45) is 11.8 Å². The summed E-state index contributed by atoms with van der Waals surface area (Å²) in [6.45, 7) is 8.93. The van der Waals surface area contributed by atoms with E-state index in [0.29, 0.717) is 0 Å². The highest BCUT2D eigenvalue weighted by Crippen LogP contribution is 2.31. The van der Waals surface area contributed by atoms with Crippen LogP contribution in [0, 0.1) is 11.8 Å². The molecule has 0 aromatic heterocycles. The van der Waals surface area contributed by atoms with Crippen molar-refractivity contribution in [2.75, 3.05) is 20.1 Å². The predicted molar refractivity (Wildman–Crippen MR) is 63.4 cm³/mol. The van der Waals surface area contributed by atoms with Crippen LogP contribution in [-0.4, -0.2) is 25.0 Å².